The molecule has 3 aliphatic rings. The Morgan fingerprint density at radius 2 is 1.74 bits per heavy atom. The molecular formula is C21H24N2O2S2. The Kier molecular flexibility index (Phi) is 4.35. The summed E-state index contributed by atoms with van der Waals surface area (Å²) in [6.07, 6.45) is 1.11. The average molecular weight is 401 g/mol. The SMILES string of the molecule is Cc1ccc([C@H]2SC[C@@H]3C[C@H]4CN(S(=O)(=O)c5ccccc5)C[C@H]4N32)cc1. The van der Waals surface area contributed by atoms with Gasteiger partial charge >= 0.3 is 0 Å². The second-order valence-electron chi connectivity index (χ2n) is 7.90. The fourth-order valence-electron chi connectivity index (χ4n) is 4.87. The Morgan fingerprint density at radius 1 is 1.00 bits per heavy atom. The van der Waals surface area contributed by atoms with Gasteiger partial charge in [0.05, 0.1) is 10.3 Å². The second kappa shape index (κ2) is 6.62. The first-order chi connectivity index (χ1) is 13.0. The average Bonchev–Trinajstić information content (AvgIpc) is 3.34. The summed E-state index contributed by atoms with van der Waals surface area (Å²) in [5.74, 6) is 1.60. The lowest BCUT2D eigenvalue weighted by Gasteiger charge is -2.30. The monoisotopic (exact) mass is 400 g/mol. The Morgan fingerprint density at radius 3 is 2.48 bits per heavy atom. The molecule has 27 heavy (non-hydrogen) atoms. The first-order valence-electron chi connectivity index (χ1n) is 9.55. The van der Waals surface area contributed by atoms with E-state index in [9.17, 15) is 8.42 Å². The van der Waals surface area contributed by atoms with Gasteiger partial charge < -0.3 is 0 Å². The van der Waals surface area contributed by atoms with Crippen molar-refractivity contribution in [1.29, 1.82) is 0 Å². The highest BCUT2D eigenvalue weighted by molar-refractivity contribution is 7.99. The molecule has 0 amide bonds. The van der Waals surface area contributed by atoms with Crippen LogP contribution in [0.4, 0.5) is 0 Å². The zero-order valence-corrected chi connectivity index (χ0v) is 17.0. The van der Waals surface area contributed by atoms with Crippen LogP contribution in [0.3, 0.4) is 0 Å². The van der Waals surface area contributed by atoms with Crippen molar-refractivity contribution in [2.45, 2.75) is 35.7 Å². The minimum Gasteiger partial charge on any atom is -0.279 e. The summed E-state index contributed by atoms with van der Waals surface area (Å²) >= 11 is 2.01. The van der Waals surface area contributed by atoms with Crippen molar-refractivity contribution in [3.05, 3.63) is 65.7 Å². The Labute approximate surface area is 165 Å². The van der Waals surface area contributed by atoms with Crippen molar-refractivity contribution in [2.24, 2.45) is 5.92 Å². The summed E-state index contributed by atoms with van der Waals surface area (Å²) in [7, 11) is -3.40. The molecule has 2 aromatic carbocycles. The van der Waals surface area contributed by atoms with Gasteiger partial charge in [0.1, 0.15) is 0 Å². The standard InChI is InChI=1S/C21H24N2O2S2/c1-15-7-9-16(10-8-15)21-23-18(14-26-21)11-17-12-22(13-20(17)23)27(24,25)19-5-3-2-4-6-19/h2-10,17-18,20-21H,11-14H2,1H3/t17-,18-,20+,21+/m0/s1. The number of aryl methyl sites for hydroxylation is 1. The molecule has 3 heterocycles. The molecular weight excluding hydrogens is 376 g/mol. The molecule has 3 saturated heterocycles. The molecule has 2 aromatic rings. The number of nitrogens with zero attached hydrogens (tertiary/aromatic N) is 2. The van der Waals surface area contributed by atoms with E-state index in [4.69, 9.17) is 0 Å². The minimum absolute atomic E-state index is 0.329. The van der Waals surface area contributed by atoms with E-state index in [0.717, 1.165) is 12.2 Å². The van der Waals surface area contributed by atoms with E-state index in [1.807, 2.05) is 17.8 Å². The largest absolute Gasteiger partial charge is 0.279 e. The van der Waals surface area contributed by atoms with Crippen LogP contribution in [0.5, 0.6) is 0 Å². The van der Waals surface area contributed by atoms with Gasteiger partial charge in [0, 0.05) is 30.9 Å². The summed E-state index contributed by atoms with van der Waals surface area (Å²) in [4.78, 5) is 3.02. The van der Waals surface area contributed by atoms with Crippen LogP contribution in [0.25, 0.3) is 0 Å². The Balaban J connectivity index is 1.40. The summed E-state index contributed by atoms with van der Waals surface area (Å²) in [6.45, 7) is 3.38. The summed E-state index contributed by atoms with van der Waals surface area (Å²) in [5.41, 5.74) is 2.62. The predicted molar refractivity (Wildman–Crippen MR) is 109 cm³/mol. The third-order valence-electron chi connectivity index (χ3n) is 6.21. The van der Waals surface area contributed by atoms with Crippen molar-refractivity contribution in [2.75, 3.05) is 18.8 Å². The molecule has 5 rings (SSSR count). The Hall–Kier alpha value is -1.34. The number of benzene rings is 2. The highest BCUT2D eigenvalue weighted by atomic mass is 32.2. The van der Waals surface area contributed by atoms with Crippen LogP contribution in [0.1, 0.15) is 22.9 Å². The van der Waals surface area contributed by atoms with Gasteiger partial charge in [-0.15, -0.1) is 11.8 Å². The Bertz CT molecular complexity index is 930. The molecule has 0 saturated carbocycles. The second-order valence-corrected chi connectivity index (χ2v) is 10.9. The van der Waals surface area contributed by atoms with E-state index in [1.54, 1.807) is 28.6 Å². The van der Waals surface area contributed by atoms with Crippen molar-refractivity contribution in [3.8, 4) is 0 Å². The highest BCUT2D eigenvalue weighted by Gasteiger charge is 2.53. The molecule has 0 radical (unpaired) electrons. The summed E-state index contributed by atoms with van der Waals surface area (Å²) < 4.78 is 27.8. The molecule has 0 N–H and O–H groups in total. The van der Waals surface area contributed by atoms with Crippen molar-refractivity contribution in [3.63, 3.8) is 0 Å². The van der Waals surface area contributed by atoms with Gasteiger partial charge in [-0.3, -0.25) is 4.90 Å². The smallest absolute Gasteiger partial charge is 0.243 e. The molecule has 142 valence electrons. The molecule has 0 unspecified atom stereocenters. The van der Waals surface area contributed by atoms with Crippen molar-refractivity contribution in [1.82, 2.24) is 9.21 Å². The topological polar surface area (TPSA) is 40.6 Å². The fraction of sp³-hybridized carbons (Fsp3) is 0.429. The van der Waals surface area contributed by atoms with Gasteiger partial charge in [-0.05, 0) is 37.0 Å². The van der Waals surface area contributed by atoms with Gasteiger partial charge in [0.25, 0.3) is 0 Å². The number of hydrogen-bond acceptors (Lipinski definition) is 4. The molecule has 0 aromatic heterocycles. The zero-order chi connectivity index (χ0) is 18.6. The quantitative estimate of drug-likeness (QED) is 0.791. The lowest BCUT2D eigenvalue weighted by atomic mass is 10.0. The molecule has 4 atom stereocenters. The van der Waals surface area contributed by atoms with E-state index >= 15 is 0 Å². The molecule has 0 bridgehead atoms. The number of thioether (sulfide) groups is 1. The molecule has 0 spiro atoms. The number of hydrogen-bond donors (Lipinski definition) is 0. The fourth-order valence-corrected chi connectivity index (χ4v) is 7.97. The van der Waals surface area contributed by atoms with Crippen LogP contribution in [0.15, 0.2) is 59.5 Å². The normalized spacial score (nSPS) is 31.1. The van der Waals surface area contributed by atoms with Crippen molar-refractivity contribution < 1.29 is 8.42 Å². The lowest BCUT2D eigenvalue weighted by molar-refractivity contribution is 0.198. The van der Waals surface area contributed by atoms with E-state index in [0.29, 0.717) is 41.4 Å². The third-order valence-corrected chi connectivity index (χ3v) is 9.47. The maximum atomic E-state index is 13.0. The molecule has 3 aliphatic heterocycles. The number of fused-ring (bicyclic) bond motifs is 3. The molecule has 3 fully saturated rings. The first kappa shape index (κ1) is 17.7. The van der Waals surface area contributed by atoms with E-state index in [-0.39, 0.29) is 0 Å². The van der Waals surface area contributed by atoms with Gasteiger partial charge in [0.15, 0.2) is 0 Å². The van der Waals surface area contributed by atoms with Crippen LogP contribution in [-0.4, -0.2) is 48.5 Å². The van der Waals surface area contributed by atoms with Crippen molar-refractivity contribution >= 4 is 21.8 Å². The van der Waals surface area contributed by atoms with Crippen LogP contribution in [-0.2, 0) is 10.0 Å². The lowest BCUT2D eigenvalue weighted by Crippen LogP contribution is -2.39. The van der Waals surface area contributed by atoms with Crippen LogP contribution < -0.4 is 0 Å². The first-order valence-corrected chi connectivity index (χ1v) is 12.0. The minimum atomic E-state index is -3.40. The zero-order valence-electron chi connectivity index (χ0n) is 15.4. The summed E-state index contributed by atoms with van der Waals surface area (Å²) in [6, 6.07) is 18.6. The highest BCUT2D eigenvalue weighted by Crippen LogP contribution is 2.51. The summed E-state index contributed by atoms with van der Waals surface area (Å²) in [5, 5.41) is 0.352. The van der Waals surface area contributed by atoms with Crippen LogP contribution in [0, 0.1) is 12.8 Å². The molecule has 0 aliphatic carbocycles. The number of rotatable bonds is 3. The van der Waals surface area contributed by atoms with Gasteiger partial charge in [-0.2, -0.15) is 4.31 Å². The third kappa shape index (κ3) is 2.94. The molecule has 6 heteroatoms. The maximum Gasteiger partial charge on any atom is 0.243 e. The van der Waals surface area contributed by atoms with Gasteiger partial charge in [-0.1, -0.05) is 48.0 Å². The van der Waals surface area contributed by atoms with E-state index < -0.39 is 10.0 Å². The molecule has 4 nitrogen and oxygen atoms in total. The van der Waals surface area contributed by atoms with Gasteiger partial charge in [0.2, 0.25) is 10.0 Å². The van der Waals surface area contributed by atoms with Crippen LogP contribution in [0.2, 0.25) is 0 Å². The van der Waals surface area contributed by atoms with E-state index in [2.05, 4.69) is 36.1 Å². The van der Waals surface area contributed by atoms with Crippen LogP contribution >= 0.6 is 11.8 Å². The van der Waals surface area contributed by atoms with Gasteiger partial charge in [-0.25, -0.2) is 8.42 Å². The van der Waals surface area contributed by atoms with E-state index in [1.165, 1.54) is 11.1 Å². The maximum absolute atomic E-state index is 13.0. The number of sulfonamides is 1. The predicted octanol–water partition coefficient (Wildman–Crippen LogP) is 3.50.